The molecular formula is C33H34ClN3O4S. The minimum atomic E-state index is -4.17. The smallest absolute Gasteiger partial charge is 0.264 e. The van der Waals surface area contributed by atoms with Crippen LogP contribution < -0.4 is 9.62 Å². The van der Waals surface area contributed by atoms with Crippen LogP contribution in [0.4, 0.5) is 5.69 Å². The zero-order valence-corrected chi connectivity index (χ0v) is 25.4. The Morgan fingerprint density at radius 1 is 0.833 bits per heavy atom. The topological polar surface area (TPSA) is 86.8 Å². The van der Waals surface area contributed by atoms with E-state index in [4.69, 9.17) is 11.6 Å². The number of rotatable bonds is 11. The number of likely N-dealkylation sites (N-methyl/N-ethyl adjacent to an activating group) is 1. The standard InChI is InChI=1S/C33H34ClN3O4S/c1-24-12-10-11-15-27(24)22-36(31(33(39)35-3)21-26-13-6-4-7-14-26)32(38)23-37(30-19-18-28(34)20-25(30)2)42(40,41)29-16-8-5-9-17-29/h4-20,31H,21-23H2,1-3H3,(H,35,39). The van der Waals surface area contributed by atoms with Gasteiger partial charge in [0.25, 0.3) is 10.0 Å². The minimum Gasteiger partial charge on any atom is -0.357 e. The lowest BCUT2D eigenvalue weighted by molar-refractivity contribution is -0.139. The summed E-state index contributed by atoms with van der Waals surface area (Å²) in [5.41, 5.74) is 3.59. The van der Waals surface area contributed by atoms with E-state index in [2.05, 4.69) is 5.32 Å². The van der Waals surface area contributed by atoms with Gasteiger partial charge in [0, 0.05) is 25.0 Å². The van der Waals surface area contributed by atoms with Crippen molar-refractivity contribution in [2.75, 3.05) is 17.9 Å². The van der Waals surface area contributed by atoms with E-state index < -0.39 is 28.5 Å². The first-order valence-corrected chi connectivity index (χ1v) is 15.4. The van der Waals surface area contributed by atoms with Crippen molar-refractivity contribution in [3.8, 4) is 0 Å². The van der Waals surface area contributed by atoms with Gasteiger partial charge in [-0.15, -0.1) is 0 Å². The van der Waals surface area contributed by atoms with E-state index in [9.17, 15) is 18.0 Å². The summed E-state index contributed by atoms with van der Waals surface area (Å²) in [5.74, 6) is -0.863. The molecule has 0 aliphatic carbocycles. The average molecular weight is 604 g/mol. The van der Waals surface area contributed by atoms with Crippen LogP contribution >= 0.6 is 11.6 Å². The highest BCUT2D eigenvalue weighted by Crippen LogP contribution is 2.29. The van der Waals surface area contributed by atoms with E-state index in [1.165, 1.54) is 24.1 Å². The monoisotopic (exact) mass is 603 g/mol. The lowest BCUT2D eigenvalue weighted by Crippen LogP contribution is -2.53. The molecular weight excluding hydrogens is 570 g/mol. The Balaban J connectivity index is 1.81. The van der Waals surface area contributed by atoms with Gasteiger partial charge in [-0.05, 0) is 66.4 Å². The molecule has 0 heterocycles. The molecule has 1 atom stereocenters. The second-order valence-corrected chi connectivity index (χ2v) is 12.3. The fraction of sp³-hybridized carbons (Fsp3) is 0.212. The molecule has 0 aliphatic rings. The van der Waals surface area contributed by atoms with Gasteiger partial charge in [0.15, 0.2) is 0 Å². The van der Waals surface area contributed by atoms with Gasteiger partial charge >= 0.3 is 0 Å². The Hall–Kier alpha value is -4.14. The highest BCUT2D eigenvalue weighted by Gasteiger charge is 2.35. The van der Waals surface area contributed by atoms with Gasteiger partial charge in [0.2, 0.25) is 11.8 Å². The van der Waals surface area contributed by atoms with Crippen molar-refractivity contribution in [3.63, 3.8) is 0 Å². The molecule has 1 N–H and O–H groups in total. The van der Waals surface area contributed by atoms with Crippen LogP contribution in [0.15, 0.2) is 108 Å². The van der Waals surface area contributed by atoms with E-state index in [0.717, 1.165) is 21.0 Å². The molecule has 0 spiro atoms. The molecule has 0 saturated carbocycles. The Morgan fingerprint density at radius 3 is 2.07 bits per heavy atom. The first kappa shape index (κ1) is 30.8. The van der Waals surface area contributed by atoms with E-state index in [1.54, 1.807) is 43.3 Å². The van der Waals surface area contributed by atoms with Crippen LogP contribution in [0.1, 0.15) is 22.3 Å². The fourth-order valence-electron chi connectivity index (χ4n) is 4.82. The van der Waals surface area contributed by atoms with Crippen molar-refractivity contribution in [2.24, 2.45) is 0 Å². The molecule has 0 radical (unpaired) electrons. The summed E-state index contributed by atoms with van der Waals surface area (Å²) in [4.78, 5) is 29.2. The molecule has 9 heteroatoms. The maximum Gasteiger partial charge on any atom is 0.264 e. The van der Waals surface area contributed by atoms with Crippen molar-refractivity contribution in [1.82, 2.24) is 10.2 Å². The number of benzene rings is 4. The number of amides is 2. The minimum absolute atomic E-state index is 0.0461. The fourth-order valence-corrected chi connectivity index (χ4v) is 6.55. The maximum atomic E-state index is 14.4. The zero-order valence-electron chi connectivity index (χ0n) is 23.8. The van der Waals surface area contributed by atoms with Gasteiger partial charge in [0.1, 0.15) is 12.6 Å². The lowest BCUT2D eigenvalue weighted by atomic mass is 10.0. The van der Waals surface area contributed by atoms with E-state index in [1.807, 2.05) is 61.5 Å². The summed E-state index contributed by atoms with van der Waals surface area (Å²) in [7, 11) is -2.64. The number of carbonyl (C=O) groups is 2. The van der Waals surface area contributed by atoms with Crippen molar-refractivity contribution >= 4 is 39.1 Å². The number of hydrogen-bond donors (Lipinski definition) is 1. The Kier molecular flexibility index (Phi) is 10.0. The van der Waals surface area contributed by atoms with Gasteiger partial charge in [-0.2, -0.15) is 0 Å². The largest absolute Gasteiger partial charge is 0.357 e. The summed E-state index contributed by atoms with van der Waals surface area (Å²) < 4.78 is 29.2. The maximum absolute atomic E-state index is 14.4. The second kappa shape index (κ2) is 13.7. The molecule has 4 aromatic rings. The third-order valence-corrected chi connectivity index (χ3v) is 9.17. The van der Waals surface area contributed by atoms with Crippen molar-refractivity contribution in [3.05, 3.63) is 130 Å². The highest BCUT2D eigenvalue weighted by molar-refractivity contribution is 7.92. The predicted molar refractivity (Wildman–Crippen MR) is 167 cm³/mol. The summed E-state index contributed by atoms with van der Waals surface area (Å²) in [6, 6.07) is 29.0. The van der Waals surface area contributed by atoms with Crippen molar-refractivity contribution in [2.45, 2.75) is 37.8 Å². The first-order valence-electron chi connectivity index (χ1n) is 13.5. The number of aryl methyl sites for hydroxylation is 2. The van der Waals surface area contributed by atoms with Gasteiger partial charge in [-0.3, -0.25) is 13.9 Å². The van der Waals surface area contributed by atoms with Crippen LogP contribution in [0.5, 0.6) is 0 Å². The molecule has 4 aromatic carbocycles. The normalized spacial score (nSPS) is 11.9. The Morgan fingerprint density at radius 2 is 1.45 bits per heavy atom. The quantitative estimate of drug-likeness (QED) is 0.244. The molecule has 0 saturated heterocycles. The molecule has 7 nitrogen and oxygen atoms in total. The molecule has 42 heavy (non-hydrogen) atoms. The molecule has 2 amide bonds. The van der Waals surface area contributed by atoms with Crippen LogP contribution in [-0.2, 0) is 32.6 Å². The van der Waals surface area contributed by atoms with Crippen molar-refractivity contribution in [1.29, 1.82) is 0 Å². The van der Waals surface area contributed by atoms with Gasteiger partial charge in [0.05, 0.1) is 10.6 Å². The number of nitrogens with zero attached hydrogens (tertiary/aromatic N) is 2. The van der Waals surface area contributed by atoms with Crippen LogP contribution in [0.3, 0.4) is 0 Å². The highest BCUT2D eigenvalue weighted by atomic mass is 35.5. The number of nitrogens with one attached hydrogen (secondary N) is 1. The average Bonchev–Trinajstić information content (AvgIpc) is 2.99. The number of carbonyl (C=O) groups excluding carboxylic acids is 2. The predicted octanol–water partition coefficient (Wildman–Crippen LogP) is 5.54. The zero-order chi connectivity index (χ0) is 30.3. The third-order valence-electron chi connectivity index (χ3n) is 7.16. The van der Waals surface area contributed by atoms with Gasteiger partial charge in [-0.25, -0.2) is 8.42 Å². The van der Waals surface area contributed by atoms with E-state index >= 15 is 0 Å². The number of halogens is 1. The molecule has 1 unspecified atom stereocenters. The lowest BCUT2D eigenvalue weighted by Gasteiger charge is -2.34. The van der Waals surface area contributed by atoms with Gasteiger partial charge in [-0.1, -0.05) is 84.4 Å². The first-order chi connectivity index (χ1) is 20.1. The Labute approximate surface area is 252 Å². The van der Waals surface area contributed by atoms with Crippen molar-refractivity contribution < 1.29 is 18.0 Å². The summed E-state index contributed by atoms with van der Waals surface area (Å²) >= 11 is 6.20. The molecule has 0 fully saturated rings. The van der Waals surface area contributed by atoms with Crippen LogP contribution in [0.2, 0.25) is 5.02 Å². The molecule has 0 aliphatic heterocycles. The van der Waals surface area contributed by atoms with E-state index in [0.29, 0.717) is 16.3 Å². The number of sulfonamides is 1. The summed E-state index contributed by atoms with van der Waals surface area (Å²) in [6.45, 7) is 3.28. The molecule has 4 rings (SSSR count). The molecule has 0 aromatic heterocycles. The van der Waals surface area contributed by atoms with Crippen LogP contribution in [-0.4, -0.2) is 44.8 Å². The third kappa shape index (κ3) is 7.19. The second-order valence-electron chi connectivity index (χ2n) is 10.0. The van der Waals surface area contributed by atoms with E-state index in [-0.39, 0.29) is 23.8 Å². The van der Waals surface area contributed by atoms with Crippen LogP contribution in [0, 0.1) is 13.8 Å². The summed E-state index contributed by atoms with van der Waals surface area (Å²) in [6.07, 6.45) is 0.254. The molecule has 218 valence electrons. The van der Waals surface area contributed by atoms with Crippen LogP contribution in [0.25, 0.3) is 0 Å². The van der Waals surface area contributed by atoms with Gasteiger partial charge < -0.3 is 10.2 Å². The number of anilines is 1. The number of hydrogen-bond acceptors (Lipinski definition) is 4. The SMILES string of the molecule is CNC(=O)C(Cc1ccccc1)N(Cc1ccccc1C)C(=O)CN(c1ccc(Cl)cc1C)S(=O)(=O)c1ccccc1. The Bertz CT molecular complexity index is 1650. The summed E-state index contributed by atoms with van der Waals surface area (Å²) in [5, 5.41) is 3.15. The molecule has 0 bridgehead atoms.